The van der Waals surface area contributed by atoms with Gasteiger partial charge in [-0.25, -0.2) is 5.01 Å². The lowest BCUT2D eigenvalue weighted by atomic mass is 9.95. The normalized spacial score (nSPS) is 19.2. The van der Waals surface area contributed by atoms with Crippen LogP contribution in [0.2, 0.25) is 0 Å². The Labute approximate surface area is 181 Å². The monoisotopic (exact) mass is 416 g/mol. The molecule has 0 bridgehead atoms. The molecule has 3 aromatic carbocycles. The maximum Gasteiger partial charge on any atom is 0.214 e. The van der Waals surface area contributed by atoms with Gasteiger partial charge in [0.25, 0.3) is 0 Å². The average Bonchev–Trinajstić information content (AvgIpc) is 3.25. The molecule has 0 fully saturated rings. The van der Waals surface area contributed by atoms with Crippen molar-refractivity contribution in [3.63, 3.8) is 0 Å². The predicted octanol–water partition coefficient (Wildman–Crippen LogP) is 5.04. The number of hydrazone groups is 1. The quantitative estimate of drug-likeness (QED) is 0.631. The number of ether oxygens (including phenoxy) is 3. The molecule has 2 aliphatic rings. The molecule has 6 nitrogen and oxygen atoms in total. The molecule has 31 heavy (non-hydrogen) atoms. The summed E-state index contributed by atoms with van der Waals surface area (Å²) in [6.45, 7) is 2.58. The molecule has 6 heteroatoms. The predicted molar refractivity (Wildman–Crippen MR) is 118 cm³/mol. The van der Waals surface area contributed by atoms with Crippen molar-refractivity contribution in [1.29, 1.82) is 0 Å². The zero-order chi connectivity index (χ0) is 21.4. The summed E-state index contributed by atoms with van der Waals surface area (Å²) in [5.41, 5.74) is 3.56. The number of phenolic OH excluding ortho intramolecular Hbond substituents is 1. The van der Waals surface area contributed by atoms with Gasteiger partial charge in [-0.1, -0.05) is 24.3 Å². The number of rotatable bonds is 5. The van der Waals surface area contributed by atoms with E-state index in [4.69, 9.17) is 19.3 Å². The zero-order valence-corrected chi connectivity index (χ0v) is 17.5. The van der Waals surface area contributed by atoms with Crippen LogP contribution in [0.3, 0.4) is 0 Å². The lowest BCUT2D eigenvalue weighted by Gasteiger charge is -2.38. The molecule has 0 saturated heterocycles. The van der Waals surface area contributed by atoms with Gasteiger partial charge >= 0.3 is 0 Å². The smallest absolute Gasteiger partial charge is 0.214 e. The van der Waals surface area contributed by atoms with E-state index in [2.05, 4.69) is 0 Å². The molecular formula is C25H24N2O4. The summed E-state index contributed by atoms with van der Waals surface area (Å²) in [6.07, 6.45) is 0.238. The minimum atomic E-state index is -0.423. The highest BCUT2D eigenvalue weighted by Crippen LogP contribution is 2.51. The Bertz CT molecular complexity index is 1130. The van der Waals surface area contributed by atoms with Crippen molar-refractivity contribution >= 4 is 5.71 Å². The molecule has 2 aliphatic heterocycles. The highest BCUT2D eigenvalue weighted by molar-refractivity contribution is 6.04. The molecule has 0 amide bonds. The SMILES string of the molecule is CCOc1ccc([C@@H]2Oc3c(OC)cccc3[C@H]3CC(c4ccccc4O)=NN32)cc1. The van der Waals surface area contributed by atoms with Gasteiger partial charge in [0.1, 0.15) is 11.5 Å². The summed E-state index contributed by atoms with van der Waals surface area (Å²) in [5.74, 6) is 2.48. The molecule has 0 aliphatic carbocycles. The molecule has 158 valence electrons. The van der Waals surface area contributed by atoms with Crippen LogP contribution in [0.15, 0.2) is 71.8 Å². The summed E-state index contributed by atoms with van der Waals surface area (Å²) >= 11 is 0. The van der Waals surface area contributed by atoms with Crippen LogP contribution in [-0.2, 0) is 0 Å². The second kappa shape index (κ2) is 7.87. The summed E-state index contributed by atoms with van der Waals surface area (Å²) < 4.78 is 17.6. The maximum absolute atomic E-state index is 10.4. The van der Waals surface area contributed by atoms with Crippen LogP contribution in [-0.4, -0.2) is 29.5 Å². The van der Waals surface area contributed by atoms with E-state index in [1.54, 1.807) is 13.2 Å². The molecule has 1 N–H and O–H groups in total. The summed E-state index contributed by atoms with van der Waals surface area (Å²) in [5, 5.41) is 17.3. The van der Waals surface area contributed by atoms with Gasteiger partial charge in [0.15, 0.2) is 11.5 Å². The van der Waals surface area contributed by atoms with E-state index in [1.165, 1.54) is 0 Å². The molecule has 3 aromatic rings. The molecule has 0 radical (unpaired) electrons. The number of para-hydroxylation sites is 2. The Morgan fingerprint density at radius 3 is 2.61 bits per heavy atom. The summed E-state index contributed by atoms with van der Waals surface area (Å²) in [4.78, 5) is 0. The third-order valence-electron chi connectivity index (χ3n) is 5.69. The van der Waals surface area contributed by atoms with E-state index in [1.807, 2.05) is 72.6 Å². The van der Waals surface area contributed by atoms with Gasteiger partial charge in [-0.05, 0) is 49.4 Å². The van der Waals surface area contributed by atoms with Crippen molar-refractivity contribution in [2.75, 3.05) is 13.7 Å². The van der Waals surface area contributed by atoms with Gasteiger partial charge < -0.3 is 19.3 Å². The van der Waals surface area contributed by atoms with Crippen molar-refractivity contribution in [2.24, 2.45) is 5.10 Å². The molecular weight excluding hydrogens is 392 g/mol. The van der Waals surface area contributed by atoms with Gasteiger partial charge in [0, 0.05) is 23.1 Å². The van der Waals surface area contributed by atoms with E-state index in [-0.39, 0.29) is 11.8 Å². The first-order valence-electron chi connectivity index (χ1n) is 10.4. The first kappa shape index (κ1) is 19.3. The van der Waals surface area contributed by atoms with Crippen LogP contribution in [0.5, 0.6) is 23.0 Å². The first-order chi connectivity index (χ1) is 15.2. The van der Waals surface area contributed by atoms with Crippen LogP contribution in [0.1, 0.15) is 42.3 Å². The Morgan fingerprint density at radius 2 is 1.87 bits per heavy atom. The van der Waals surface area contributed by atoms with Gasteiger partial charge in [-0.2, -0.15) is 5.10 Å². The summed E-state index contributed by atoms with van der Waals surface area (Å²) in [7, 11) is 1.65. The highest BCUT2D eigenvalue weighted by Gasteiger charge is 2.42. The number of phenols is 1. The Morgan fingerprint density at radius 1 is 1.06 bits per heavy atom. The Hall–Kier alpha value is -3.67. The van der Waals surface area contributed by atoms with Crippen LogP contribution >= 0.6 is 0 Å². The number of hydrogen-bond acceptors (Lipinski definition) is 6. The molecule has 0 unspecified atom stereocenters. The molecule has 5 rings (SSSR count). The molecule has 2 heterocycles. The van der Waals surface area contributed by atoms with Gasteiger partial charge in [0.05, 0.1) is 25.5 Å². The van der Waals surface area contributed by atoms with Gasteiger partial charge in [-0.3, -0.25) is 0 Å². The second-order valence-electron chi connectivity index (χ2n) is 7.51. The lowest BCUT2D eigenvalue weighted by molar-refractivity contribution is -0.0209. The van der Waals surface area contributed by atoms with E-state index in [0.717, 1.165) is 33.9 Å². The number of aromatic hydroxyl groups is 1. The van der Waals surface area contributed by atoms with Crippen LogP contribution < -0.4 is 14.2 Å². The number of nitrogens with zero attached hydrogens (tertiary/aromatic N) is 2. The van der Waals surface area contributed by atoms with E-state index >= 15 is 0 Å². The van der Waals surface area contributed by atoms with Gasteiger partial charge in [-0.15, -0.1) is 0 Å². The van der Waals surface area contributed by atoms with E-state index in [9.17, 15) is 5.11 Å². The van der Waals surface area contributed by atoms with Crippen molar-refractivity contribution in [2.45, 2.75) is 25.6 Å². The second-order valence-corrected chi connectivity index (χ2v) is 7.51. The number of fused-ring (bicyclic) bond motifs is 3. The van der Waals surface area contributed by atoms with Crippen LogP contribution in [0, 0.1) is 0 Å². The molecule has 0 spiro atoms. The van der Waals surface area contributed by atoms with Crippen molar-refractivity contribution in [3.8, 4) is 23.0 Å². The number of benzene rings is 3. The zero-order valence-electron chi connectivity index (χ0n) is 17.5. The Kier molecular flexibility index (Phi) is 4.90. The standard InChI is InChI=1S/C25H24N2O4/c1-3-30-17-13-11-16(12-14-17)25-27-21(19-8-6-10-23(29-2)24(19)31-25)15-20(26-27)18-7-4-5-9-22(18)28/h4-14,21,25,28H,3,15H2,1-2H3/t21-,25+/m1/s1. The average molecular weight is 416 g/mol. The topological polar surface area (TPSA) is 63.5 Å². The molecule has 0 saturated carbocycles. The minimum absolute atomic E-state index is 0.0231. The van der Waals surface area contributed by atoms with Crippen LogP contribution in [0.4, 0.5) is 0 Å². The molecule has 2 atom stereocenters. The fourth-order valence-electron chi connectivity index (χ4n) is 4.24. The number of hydrogen-bond donors (Lipinski definition) is 1. The van der Waals surface area contributed by atoms with Crippen molar-refractivity contribution < 1.29 is 19.3 Å². The number of methoxy groups -OCH3 is 1. The Balaban J connectivity index is 1.59. The maximum atomic E-state index is 10.4. The van der Waals surface area contributed by atoms with Crippen molar-refractivity contribution in [1.82, 2.24) is 5.01 Å². The molecule has 0 aromatic heterocycles. The fraction of sp³-hybridized carbons (Fsp3) is 0.240. The van der Waals surface area contributed by atoms with Crippen molar-refractivity contribution in [3.05, 3.63) is 83.4 Å². The van der Waals surface area contributed by atoms with Crippen LogP contribution in [0.25, 0.3) is 0 Å². The largest absolute Gasteiger partial charge is 0.507 e. The third-order valence-corrected chi connectivity index (χ3v) is 5.69. The lowest BCUT2D eigenvalue weighted by Crippen LogP contribution is -2.33. The van der Waals surface area contributed by atoms with Gasteiger partial charge in [0.2, 0.25) is 6.23 Å². The first-order valence-corrected chi connectivity index (χ1v) is 10.4. The summed E-state index contributed by atoms with van der Waals surface area (Å²) in [6, 6.07) is 21.1. The third kappa shape index (κ3) is 3.34. The van der Waals surface area contributed by atoms with E-state index in [0.29, 0.717) is 18.8 Å². The highest BCUT2D eigenvalue weighted by atomic mass is 16.5. The fourth-order valence-corrected chi connectivity index (χ4v) is 4.24. The van der Waals surface area contributed by atoms with E-state index < -0.39 is 6.23 Å². The minimum Gasteiger partial charge on any atom is -0.507 e.